The van der Waals surface area contributed by atoms with Gasteiger partial charge in [-0.25, -0.2) is 12.8 Å². The van der Waals surface area contributed by atoms with Crippen molar-refractivity contribution in [1.29, 1.82) is 0 Å². The van der Waals surface area contributed by atoms with Crippen molar-refractivity contribution >= 4 is 60.3 Å². The summed E-state index contributed by atoms with van der Waals surface area (Å²) in [5, 5.41) is 16.6. The van der Waals surface area contributed by atoms with Crippen LogP contribution in [0.25, 0.3) is 0 Å². The number of amides is 1. The van der Waals surface area contributed by atoms with Crippen LogP contribution >= 0.6 is 0 Å². The summed E-state index contributed by atoms with van der Waals surface area (Å²) in [6.45, 7) is 0.158. The fourth-order valence-corrected chi connectivity index (χ4v) is 8.47. The van der Waals surface area contributed by atoms with E-state index in [0.717, 1.165) is 25.5 Å². The maximum Gasteiger partial charge on any atom is 2.00 e. The topological polar surface area (TPSA) is 136 Å². The van der Waals surface area contributed by atoms with Gasteiger partial charge in [0.05, 0.1) is 17.0 Å². The Hall–Kier alpha value is -2.48. The SMILES string of the molecule is C.CS(=O)(=O)Cc1ccc2c(c1)S(=O)(=O)N=C(C1=C([O-])C3C([C@@H]4CC[C@H]3C4)N(Cc3ccc(F)cc3)C1=O)N2.[H-].[Mg+2]. The minimum absolute atomic E-state index is 0. The zero-order valence-electron chi connectivity index (χ0n) is 22.1. The fraction of sp³-hybridized carbons (Fsp3) is 0.407. The van der Waals surface area contributed by atoms with Gasteiger partial charge in [0.2, 0.25) is 0 Å². The number of sulfonamides is 1. The van der Waals surface area contributed by atoms with E-state index in [1.807, 2.05) is 0 Å². The first kappa shape index (κ1) is 30.5. The van der Waals surface area contributed by atoms with Crippen LogP contribution in [0.3, 0.4) is 0 Å². The summed E-state index contributed by atoms with van der Waals surface area (Å²) in [4.78, 5) is 15.3. The molecular weight excluding hydrogens is 570 g/mol. The van der Waals surface area contributed by atoms with Crippen molar-refractivity contribution in [3.8, 4) is 0 Å². The minimum atomic E-state index is -4.33. The molecule has 2 unspecified atom stereocenters. The summed E-state index contributed by atoms with van der Waals surface area (Å²) in [7, 11) is -7.74. The number of nitrogens with zero attached hydrogens (tertiary/aromatic N) is 2. The van der Waals surface area contributed by atoms with Gasteiger partial charge in [-0.3, -0.25) is 4.79 Å². The largest absolute Gasteiger partial charge is 2.00 e. The van der Waals surface area contributed by atoms with Crippen LogP contribution in [-0.2, 0) is 37.0 Å². The van der Waals surface area contributed by atoms with Crippen molar-refractivity contribution in [2.45, 2.75) is 49.9 Å². The molecule has 0 saturated heterocycles. The maximum atomic E-state index is 13.9. The molecule has 2 fully saturated rings. The number of benzene rings is 2. The van der Waals surface area contributed by atoms with E-state index >= 15 is 0 Å². The van der Waals surface area contributed by atoms with E-state index in [2.05, 4.69) is 9.71 Å². The smallest absolute Gasteiger partial charge is 1.00 e. The zero-order chi connectivity index (χ0) is 27.0. The van der Waals surface area contributed by atoms with Crippen LogP contribution in [0.5, 0.6) is 0 Å². The first-order valence-corrected chi connectivity index (χ1v) is 15.8. The summed E-state index contributed by atoms with van der Waals surface area (Å²) in [6, 6.07) is 9.64. The maximum absolute atomic E-state index is 13.9. The number of carbonyl (C=O) groups excluding carboxylic acids is 1. The Bertz CT molecular complexity index is 1650. The van der Waals surface area contributed by atoms with E-state index in [9.17, 15) is 31.1 Å². The predicted octanol–water partition coefficient (Wildman–Crippen LogP) is 2.32. The number of sulfone groups is 1. The third-order valence-electron chi connectivity index (χ3n) is 7.98. The predicted molar refractivity (Wildman–Crippen MR) is 149 cm³/mol. The zero-order valence-corrected chi connectivity index (χ0v) is 24.2. The van der Waals surface area contributed by atoms with E-state index in [0.29, 0.717) is 5.56 Å². The van der Waals surface area contributed by atoms with Gasteiger partial charge in [0, 0.05) is 18.8 Å². The van der Waals surface area contributed by atoms with Crippen molar-refractivity contribution in [3.63, 3.8) is 0 Å². The number of anilines is 1. The Labute approximate surface area is 251 Å². The number of fused-ring (bicyclic) bond motifs is 6. The molecule has 1 N–H and O–H groups in total. The van der Waals surface area contributed by atoms with Gasteiger partial charge in [-0.1, -0.05) is 25.6 Å². The van der Waals surface area contributed by atoms with Gasteiger partial charge >= 0.3 is 23.1 Å². The standard InChI is InChI=1S/C26H26FN3O6S2.CH4.Mg.H/c1-37(33,34)13-15-4-9-19-20(10-15)38(35,36)29-25(28-19)22-24(31)21-16-5-6-17(11-16)23(21)30(26(22)32)12-14-2-7-18(27)8-3-14;;;/h2-4,7-10,16-17,21,23,31H,5-6,11-13H2,1H3,(H,28,29);1H4;;/q;;+2;-1/p-1/t16-,17+,21?,23?;;;/m0.../s1. The number of nitrogens with one attached hydrogen (secondary N) is 1. The second-order valence-electron chi connectivity index (χ2n) is 10.6. The van der Waals surface area contributed by atoms with Crippen LogP contribution in [0.4, 0.5) is 10.1 Å². The van der Waals surface area contributed by atoms with Crippen LogP contribution in [-0.4, -0.2) is 68.8 Å². The monoisotopic (exact) mass is 599 g/mol. The van der Waals surface area contributed by atoms with Gasteiger partial charge in [-0.15, -0.1) is 10.2 Å². The third-order valence-corrected chi connectivity index (χ3v) is 10.2. The Morgan fingerprint density at radius 2 is 1.77 bits per heavy atom. The first-order chi connectivity index (χ1) is 17.9. The molecule has 0 radical (unpaired) electrons. The molecule has 2 aromatic rings. The number of rotatable bonds is 5. The number of halogens is 1. The number of amidine groups is 1. The molecule has 40 heavy (non-hydrogen) atoms. The van der Waals surface area contributed by atoms with Gasteiger partial charge in [-0.05, 0) is 72.4 Å². The normalized spacial score (nSPS) is 26.2. The average molecular weight is 600 g/mol. The molecule has 4 atom stereocenters. The van der Waals surface area contributed by atoms with Crippen molar-refractivity contribution < 1.29 is 32.6 Å². The third kappa shape index (κ3) is 5.28. The Morgan fingerprint density at radius 3 is 2.45 bits per heavy atom. The molecule has 0 spiro atoms. The van der Waals surface area contributed by atoms with Gasteiger partial charge in [0.15, 0.2) is 15.7 Å². The van der Waals surface area contributed by atoms with Crippen LogP contribution in [0.1, 0.15) is 39.2 Å². The van der Waals surface area contributed by atoms with Gasteiger partial charge in [-0.2, -0.15) is 8.42 Å². The van der Waals surface area contributed by atoms with Crippen LogP contribution < -0.4 is 10.4 Å². The molecule has 0 aromatic heterocycles. The van der Waals surface area contributed by atoms with Crippen molar-refractivity contribution in [1.82, 2.24) is 4.90 Å². The van der Waals surface area contributed by atoms with Crippen LogP contribution in [0.15, 0.2) is 63.1 Å². The number of carbonyl (C=O) groups is 1. The summed E-state index contributed by atoms with van der Waals surface area (Å²) in [5.41, 5.74) is 0.795. The molecule has 2 aromatic carbocycles. The minimum Gasteiger partial charge on any atom is -1.00 e. The van der Waals surface area contributed by atoms with E-state index in [4.69, 9.17) is 0 Å². The summed E-state index contributed by atoms with van der Waals surface area (Å²) < 4.78 is 67.0. The second-order valence-corrected chi connectivity index (χ2v) is 14.3. The number of hydrogen-bond donors (Lipinski definition) is 1. The first-order valence-electron chi connectivity index (χ1n) is 12.3. The van der Waals surface area contributed by atoms with E-state index in [-0.39, 0.29) is 89.6 Å². The Balaban J connectivity index is 0.00000154. The Kier molecular flexibility index (Phi) is 8.18. The van der Waals surface area contributed by atoms with Gasteiger partial charge < -0.3 is 16.7 Å². The molecule has 9 nitrogen and oxygen atoms in total. The number of hydrogen-bond acceptors (Lipinski definition) is 7. The van der Waals surface area contributed by atoms with E-state index in [1.165, 1.54) is 30.3 Å². The molecule has 2 aliphatic carbocycles. The average Bonchev–Trinajstić information content (AvgIpc) is 3.45. The molecule has 2 bridgehead atoms. The Morgan fingerprint density at radius 1 is 1.12 bits per heavy atom. The molecule has 4 aliphatic rings. The van der Waals surface area contributed by atoms with Gasteiger partial charge in [0.1, 0.15) is 10.7 Å². The van der Waals surface area contributed by atoms with Crippen LogP contribution in [0, 0.1) is 23.6 Å². The molecule has 2 saturated carbocycles. The second kappa shape index (κ2) is 10.7. The van der Waals surface area contributed by atoms with E-state index in [1.54, 1.807) is 17.0 Å². The van der Waals surface area contributed by atoms with Gasteiger partial charge in [0.25, 0.3) is 15.9 Å². The molecule has 2 aliphatic heterocycles. The van der Waals surface area contributed by atoms with Crippen molar-refractivity contribution in [2.75, 3.05) is 11.6 Å². The molecule has 2 heterocycles. The summed E-state index contributed by atoms with van der Waals surface area (Å²) >= 11 is 0. The summed E-state index contributed by atoms with van der Waals surface area (Å²) in [5.74, 6) is -2.25. The van der Waals surface area contributed by atoms with Crippen molar-refractivity contribution in [3.05, 3.63) is 70.7 Å². The molecule has 6 rings (SSSR count). The molecular formula is C27H30FMgN3O6S2. The quantitative estimate of drug-likeness (QED) is 0.521. The fourth-order valence-electron chi connectivity index (χ4n) is 6.52. The molecule has 1 amide bonds. The van der Waals surface area contributed by atoms with Crippen molar-refractivity contribution in [2.24, 2.45) is 22.2 Å². The molecule has 210 valence electrons. The van der Waals surface area contributed by atoms with E-state index < -0.39 is 43.3 Å². The molecule has 13 heteroatoms. The van der Waals surface area contributed by atoms with Crippen LogP contribution in [0.2, 0.25) is 0 Å². The summed E-state index contributed by atoms with van der Waals surface area (Å²) in [6.07, 6.45) is 3.66.